The van der Waals surface area contributed by atoms with Crippen LogP contribution in [-0.4, -0.2) is 68.3 Å². The molecule has 12 heteroatoms. The second kappa shape index (κ2) is 10.5. The molecule has 0 atom stereocenters. The molecule has 1 amide bonds. The Morgan fingerprint density at radius 3 is 2.14 bits per heavy atom. The van der Waals surface area contributed by atoms with Crippen LogP contribution in [0, 0.1) is 5.82 Å². The number of hydrogen-bond donors (Lipinski definition) is 0. The Bertz CT molecular complexity index is 1270. The molecule has 196 valence electrons. The number of benzene rings is 2. The van der Waals surface area contributed by atoms with E-state index in [1.807, 2.05) is 4.90 Å². The van der Waals surface area contributed by atoms with Crippen molar-refractivity contribution >= 4 is 11.9 Å². The summed E-state index contributed by atoms with van der Waals surface area (Å²) < 4.78 is 69.1. The Balaban J connectivity index is 1.50. The zero-order valence-corrected chi connectivity index (χ0v) is 20.3. The van der Waals surface area contributed by atoms with Crippen molar-refractivity contribution < 1.29 is 36.6 Å². The Morgan fingerprint density at radius 1 is 0.919 bits per heavy atom. The van der Waals surface area contributed by atoms with Crippen molar-refractivity contribution in [2.24, 2.45) is 0 Å². The third kappa shape index (κ3) is 5.52. The molecule has 1 fully saturated rings. The molecule has 0 unspecified atom stereocenters. The van der Waals surface area contributed by atoms with Gasteiger partial charge in [-0.05, 0) is 36.4 Å². The normalized spacial score (nSPS) is 13.9. The van der Waals surface area contributed by atoms with Gasteiger partial charge in [0.25, 0.3) is 5.91 Å². The molecule has 4 rings (SSSR count). The molecule has 1 aromatic heterocycles. The average Bonchev–Trinajstić information content (AvgIpc) is 2.91. The van der Waals surface area contributed by atoms with Crippen LogP contribution in [-0.2, 0) is 6.18 Å². The zero-order valence-electron chi connectivity index (χ0n) is 20.3. The molecule has 0 bridgehead atoms. The van der Waals surface area contributed by atoms with Gasteiger partial charge in [-0.3, -0.25) is 4.79 Å². The van der Waals surface area contributed by atoms with Crippen LogP contribution < -0.4 is 19.1 Å². The monoisotopic (exact) mass is 520 g/mol. The van der Waals surface area contributed by atoms with E-state index in [2.05, 4.69) is 9.97 Å². The van der Waals surface area contributed by atoms with Gasteiger partial charge in [0.1, 0.15) is 5.82 Å². The van der Waals surface area contributed by atoms with Gasteiger partial charge in [-0.15, -0.1) is 0 Å². The van der Waals surface area contributed by atoms with Gasteiger partial charge in [-0.1, -0.05) is 0 Å². The number of hydrogen-bond acceptors (Lipinski definition) is 7. The summed E-state index contributed by atoms with van der Waals surface area (Å²) in [7, 11) is 4.54. The highest BCUT2D eigenvalue weighted by atomic mass is 19.4. The molecule has 0 radical (unpaired) electrons. The smallest absolute Gasteiger partial charge is 0.416 e. The second-order valence-corrected chi connectivity index (χ2v) is 8.16. The van der Waals surface area contributed by atoms with Gasteiger partial charge in [-0.2, -0.15) is 13.2 Å². The molecule has 1 aliphatic heterocycles. The number of amides is 1. The molecule has 0 spiro atoms. The number of alkyl halides is 3. The van der Waals surface area contributed by atoms with Gasteiger partial charge in [0.15, 0.2) is 11.5 Å². The molecule has 1 saturated heterocycles. The lowest BCUT2D eigenvalue weighted by molar-refractivity contribution is -0.137. The van der Waals surface area contributed by atoms with Gasteiger partial charge in [0.2, 0.25) is 11.7 Å². The highest BCUT2D eigenvalue weighted by Gasteiger charge is 2.33. The van der Waals surface area contributed by atoms with Crippen LogP contribution in [0.3, 0.4) is 0 Å². The number of methoxy groups -OCH3 is 3. The maximum absolute atomic E-state index is 13.8. The summed E-state index contributed by atoms with van der Waals surface area (Å²) in [5.74, 6) is 0.0174. The molecule has 3 aromatic rings. The third-order valence-electron chi connectivity index (χ3n) is 5.93. The minimum atomic E-state index is -4.75. The largest absolute Gasteiger partial charge is 0.493 e. The van der Waals surface area contributed by atoms with Crippen LogP contribution in [0.2, 0.25) is 0 Å². The van der Waals surface area contributed by atoms with E-state index < -0.39 is 23.5 Å². The Kier molecular flexibility index (Phi) is 7.37. The molecule has 2 aromatic carbocycles. The summed E-state index contributed by atoms with van der Waals surface area (Å²) in [4.78, 5) is 25.0. The molecule has 8 nitrogen and oxygen atoms in total. The van der Waals surface area contributed by atoms with Gasteiger partial charge in [0.05, 0.1) is 32.6 Å². The van der Waals surface area contributed by atoms with E-state index >= 15 is 0 Å². The lowest BCUT2D eigenvalue weighted by Gasteiger charge is -2.35. The van der Waals surface area contributed by atoms with Crippen LogP contribution >= 0.6 is 0 Å². The molecule has 0 N–H and O–H groups in total. The standard InChI is InChI=1S/C25H24F4N4O4/c1-35-20-12-15(13-21(36-2)22(20)37-3)19-4-5-30-24(31-19)33-8-6-32(7-9-33)23(34)16-10-17(25(27,28)29)14-18(26)11-16/h4-5,10-14H,6-9H2,1-3H3. The molecular weight excluding hydrogens is 496 g/mol. The first kappa shape index (κ1) is 26.0. The van der Waals surface area contributed by atoms with E-state index in [0.29, 0.717) is 59.7 Å². The number of carbonyl (C=O) groups is 1. The van der Waals surface area contributed by atoms with Crippen LogP contribution in [0.1, 0.15) is 15.9 Å². The van der Waals surface area contributed by atoms with E-state index in [9.17, 15) is 22.4 Å². The van der Waals surface area contributed by atoms with Crippen molar-refractivity contribution in [3.05, 3.63) is 59.5 Å². The van der Waals surface area contributed by atoms with Crippen molar-refractivity contribution in [3.63, 3.8) is 0 Å². The lowest BCUT2D eigenvalue weighted by atomic mass is 10.1. The number of anilines is 1. The molecule has 1 aliphatic rings. The first-order valence-electron chi connectivity index (χ1n) is 11.2. The number of nitrogens with zero attached hydrogens (tertiary/aromatic N) is 4. The number of carbonyl (C=O) groups excluding carboxylic acids is 1. The molecule has 0 saturated carbocycles. The van der Waals surface area contributed by atoms with Crippen molar-refractivity contribution in [1.29, 1.82) is 0 Å². The number of rotatable bonds is 6. The summed E-state index contributed by atoms with van der Waals surface area (Å²) in [5.41, 5.74) is -0.242. The topological polar surface area (TPSA) is 77.0 Å². The number of ether oxygens (including phenoxy) is 3. The van der Waals surface area contributed by atoms with Crippen LogP contribution in [0.15, 0.2) is 42.6 Å². The van der Waals surface area contributed by atoms with Crippen LogP contribution in [0.4, 0.5) is 23.5 Å². The van der Waals surface area contributed by atoms with Crippen molar-refractivity contribution in [1.82, 2.24) is 14.9 Å². The number of piperazine rings is 1. The van der Waals surface area contributed by atoms with E-state index in [4.69, 9.17) is 14.2 Å². The predicted octanol–water partition coefficient (Wildman–Crippen LogP) is 4.29. The van der Waals surface area contributed by atoms with Crippen molar-refractivity contribution in [2.45, 2.75) is 6.18 Å². The lowest BCUT2D eigenvalue weighted by Crippen LogP contribution is -2.49. The number of halogens is 4. The predicted molar refractivity (Wildman–Crippen MR) is 127 cm³/mol. The van der Waals surface area contributed by atoms with Crippen LogP contribution in [0.25, 0.3) is 11.3 Å². The van der Waals surface area contributed by atoms with Gasteiger partial charge >= 0.3 is 6.18 Å². The SMILES string of the molecule is COc1cc(-c2ccnc(N3CCN(C(=O)c4cc(F)cc(C(F)(F)F)c4)CC3)n2)cc(OC)c1OC. The van der Waals surface area contributed by atoms with Gasteiger partial charge in [-0.25, -0.2) is 14.4 Å². The molecular formula is C25H24F4N4O4. The van der Waals surface area contributed by atoms with E-state index in [-0.39, 0.29) is 18.7 Å². The quantitative estimate of drug-likeness (QED) is 0.449. The number of aromatic nitrogens is 2. The summed E-state index contributed by atoms with van der Waals surface area (Å²) in [6.07, 6.45) is -3.15. The molecule has 37 heavy (non-hydrogen) atoms. The van der Waals surface area contributed by atoms with E-state index in [1.54, 1.807) is 24.4 Å². The summed E-state index contributed by atoms with van der Waals surface area (Å²) in [5, 5.41) is 0. The van der Waals surface area contributed by atoms with Crippen LogP contribution in [0.5, 0.6) is 17.2 Å². The summed E-state index contributed by atoms with van der Waals surface area (Å²) in [6, 6.07) is 7.10. The molecule has 0 aliphatic carbocycles. The fraction of sp³-hybridized carbons (Fsp3) is 0.320. The minimum absolute atomic E-state index is 0.203. The van der Waals surface area contributed by atoms with E-state index in [1.165, 1.54) is 26.2 Å². The highest BCUT2D eigenvalue weighted by Crippen LogP contribution is 2.41. The average molecular weight is 520 g/mol. The zero-order chi connectivity index (χ0) is 26.7. The highest BCUT2D eigenvalue weighted by molar-refractivity contribution is 5.94. The minimum Gasteiger partial charge on any atom is -0.493 e. The maximum atomic E-state index is 13.8. The van der Waals surface area contributed by atoms with E-state index in [0.717, 1.165) is 6.07 Å². The summed E-state index contributed by atoms with van der Waals surface area (Å²) in [6.45, 7) is 1.08. The van der Waals surface area contributed by atoms with Gasteiger partial charge < -0.3 is 24.0 Å². The first-order valence-corrected chi connectivity index (χ1v) is 11.2. The van der Waals surface area contributed by atoms with Crippen molar-refractivity contribution in [3.8, 4) is 28.5 Å². The Hall–Kier alpha value is -4.09. The third-order valence-corrected chi connectivity index (χ3v) is 5.93. The fourth-order valence-electron chi connectivity index (χ4n) is 4.06. The molecule has 2 heterocycles. The second-order valence-electron chi connectivity index (χ2n) is 8.16. The first-order chi connectivity index (χ1) is 17.6. The van der Waals surface area contributed by atoms with Crippen molar-refractivity contribution in [2.75, 3.05) is 52.4 Å². The van der Waals surface area contributed by atoms with Gasteiger partial charge in [0, 0.05) is 43.5 Å². The Morgan fingerprint density at radius 2 is 1.57 bits per heavy atom. The fourth-order valence-corrected chi connectivity index (χ4v) is 4.06. The summed E-state index contributed by atoms with van der Waals surface area (Å²) >= 11 is 0. The maximum Gasteiger partial charge on any atom is 0.416 e. The Labute approximate surface area is 210 Å².